The fourth-order valence-corrected chi connectivity index (χ4v) is 7.75. The van der Waals surface area contributed by atoms with Crippen LogP contribution < -0.4 is 0 Å². The number of rotatable bonds is 4. The van der Waals surface area contributed by atoms with Gasteiger partial charge in [0.25, 0.3) is 0 Å². The van der Waals surface area contributed by atoms with Crippen LogP contribution in [0.15, 0.2) is 146 Å². The maximum absolute atomic E-state index is 10.7. The largest absolute Gasteiger partial charge is 0.309 e. The number of aromatic nitrogens is 2. The first kappa shape index (κ1) is 30.2. The molecule has 2 heterocycles. The topological polar surface area (TPSA) is 105 Å². The van der Waals surface area contributed by atoms with Crippen molar-refractivity contribution in [1.82, 2.24) is 9.13 Å². The van der Waals surface area contributed by atoms with E-state index in [1.807, 2.05) is 72.8 Å². The molecule has 0 saturated heterocycles. The molecule has 6 nitrogen and oxygen atoms in total. The van der Waals surface area contributed by atoms with Gasteiger partial charge in [-0.1, -0.05) is 72.8 Å². The van der Waals surface area contributed by atoms with Gasteiger partial charge in [-0.3, -0.25) is 0 Å². The third-order valence-corrected chi connectivity index (χ3v) is 9.83. The molecular formula is C46H24N6. The molecule has 0 amide bonds. The van der Waals surface area contributed by atoms with Gasteiger partial charge in [0.2, 0.25) is 0 Å². The third-order valence-electron chi connectivity index (χ3n) is 9.83. The summed E-state index contributed by atoms with van der Waals surface area (Å²) in [6.45, 7) is 0. The van der Waals surface area contributed by atoms with Crippen molar-refractivity contribution in [2.45, 2.75) is 0 Å². The number of fused-ring (bicyclic) bond motifs is 6. The Labute approximate surface area is 298 Å². The zero-order chi connectivity index (χ0) is 35.3. The standard InChI is InChI=1S/C46H24N6/c47-25-29-19-21-31(27-49)37(23-29)43-42-36-16-8-10-18-40(36)52(34-13-5-2-6-14-34)46(42)44(38-24-30(26-48)20-22-32(38)28-50)41-35-15-7-9-17-39(35)51(45(41)43)33-11-3-1-4-12-33/h1-24H. The smallest absolute Gasteiger partial charge is 0.0998 e. The summed E-state index contributed by atoms with van der Waals surface area (Å²) >= 11 is 0. The van der Waals surface area contributed by atoms with Gasteiger partial charge in [-0.25, -0.2) is 0 Å². The lowest BCUT2D eigenvalue weighted by Gasteiger charge is -2.19. The minimum atomic E-state index is 0.431. The van der Waals surface area contributed by atoms with Crippen molar-refractivity contribution in [2.24, 2.45) is 0 Å². The molecule has 0 spiro atoms. The number of nitrogens with zero attached hydrogens (tertiary/aromatic N) is 6. The van der Waals surface area contributed by atoms with E-state index in [9.17, 15) is 21.0 Å². The lowest BCUT2D eigenvalue weighted by molar-refractivity contribution is 1.17. The normalized spacial score (nSPS) is 11.0. The van der Waals surface area contributed by atoms with Crippen LogP contribution in [0.1, 0.15) is 22.3 Å². The summed E-state index contributed by atoms with van der Waals surface area (Å²) in [4.78, 5) is 0. The van der Waals surface area contributed by atoms with Gasteiger partial charge in [-0.05, 0) is 72.8 Å². The van der Waals surface area contributed by atoms with E-state index in [1.54, 1.807) is 24.3 Å². The van der Waals surface area contributed by atoms with Gasteiger partial charge in [0.15, 0.2) is 0 Å². The van der Waals surface area contributed by atoms with Crippen molar-refractivity contribution >= 4 is 43.6 Å². The lowest BCUT2D eigenvalue weighted by Crippen LogP contribution is -2.01. The second-order valence-corrected chi connectivity index (χ2v) is 12.5. The van der Waals surface area contributed by atoms with Crippen LogP contribution >= 0.6 is 0 Å². The number of benzene rings is 7. The van der Waals surface area contributed by atoms with Gasteiger partial charge in [-0.15, -0.1) is 0 Å². The van der Waals surface area contributed by atoms with Crippen molar-refractivity contribution in [3.63, 3.8) is 0 Å². The van der Waals surface area contributed by atoms with Crippen LogP contribution in [-0.4, -0.2) is 9.13 Å². The van der Waals surface area contributed by atoms with E-state index in [1.165, 1.54) is 0 Å². The highest BCUT2D eigenvalue weighted by Gasteiger charge is 2.30. The van der Waals surface area contributed by atoms with E-state index in [-0.39, 0.29) is 0 Å². The quantitative estimate of drug-likeness (QED) is 0.187. The Hall–Kier alpha value is -7.90. The van der Waals surface area contributed by atoms with Crippen LogP contribution in [-0.2, 0) is 0 Å². The summed E-state index contributed by atoms with van der Waals surface area (Å²) in [5.74, 6) is 0. The Morgan fingerprint density at radius 2 is 0.769 bits per heavy atom. The molecule has 0 atom stereocenters. The number of nitriles is 4. The van der Waals surface area contributed by atoms with E-state index in [2.05, 4.69) is 81.9 Å². The van der Waals surface area contributed by atoms with Crippen LogP contribution in [0.5, 0.6) is 0 Å². The molecule has 2 aromatic heterocycles. The molecule has 9 rings (SSSR count). The average Bonchev–Trinajstić information content (AvgIpc) is 3.74. The summed E-state index contributed by atoms with van der Waals surface area (Å²) in [5.41, 5.74) is 9.90. The van der Waals surface area contributed by atoms with Gasteiger partial charge >= 0.3 is 0 Å². The summed E-state index contributed by atoms with van der Waals surface area (Å²) in [6, 6.07) is 56.4. The molecule has 0 fully saturated rings. The molecule has 0 unspecified atom stereocenters. The average molecular weight is 661 g/mol. The van der Waals surface area contributed by atoms with Crippen molar-refractivity contribution < 1.29 is 0 Å². The first-order valence-corrected chi connectivity index (χ1v) is 16.7. The van der Waals surface area contributed by atoms with Crippen molar-refractivity contribution in [3.05, 3.63) is 168 Å². The highest BCUT2D eigenvalue weighted by atomic mass is 15.0. The Morgan fingerprint density at radius 1 is 0.385 bits per heavy atom. The first-order chi connectivity index (χ1) is 25.7. The molecule has 52 heavy (non-hydrogen) atoms. The molecule has 7 aromatic carbocycles. The maximum Gasteiger partial charge on any atom is 0.0998 e. The van der Waals surface area contributed by atoms with Crippen LogP contribution in [0.2, 0.25) is 0 Å². The molecule has 0 aliphatic heterocycles. The molecule has 9 aromatic rings. The van der Waals surface area contributed by atoms with Gasteiger partial charge in [0, 0.05) is 55.2 Å². The molecule has 0 saturated carbocycles. The highest BCUT2D eigenvalue weighted by molar-refractivity contribution is 6.33. The van der Waals surface area contributed by atoms with Crippen LogP contribution in [0.3, 0.4) is 0 Å². The van der Waals surface area contributed by atoms with E-state index in [0.29, 0.717) is 33.4 Å². The second-order valence-electron chi connectivity index (χ2n) is 12.5. The van der Waals surface area contributed by atoms with Crippen molar-refractivity contribution in [1.29, 1.82) is 21.0 Å². The summed E-state index contributed by atoms with van der Waals surface area (Å²) < 4.78 is 4.44. The molecular weight excluding hydrogens is 637 g/mol. The Kier molecular flexibility index (Phi) is 6.91. The predicted octanol–water partition coefficient (Wildman–Crippen LogP) is 10.7. The van der Waals surface area contributed by atoms with Gasteiger partial charge in [0.1, 0.15) is 0 Å². The van der Waals surface area contributed by atoms with Crippen molar-refractivity contribution in [3.8, 4) is 57.9 Å². The van der Waals surface area contributed by atoms with Crippen LogP contribution in [0.25, 0.3) is 77.2 Å². The number of hydrogen-bond donors (Lipinski definition) is 0. The highest BCUT2D eigenvalue weighted by Crippen LogP contribution is 2.53. The predicted molar refractivity (Wildman–Crippen MR) is 205 cm³/mol. The summed E-state index contributed by atoms with van der Waals surface area (Å²) in [5, 5.41) is 45.2. The van der Waals surface area contributed by atoms with E-state index in [0.717, 1.165) is 66.1 Å². The minimum Gasteiger partial charge on any atom is -0.309 e. The molecule has 0 aliphatic rings. The second kappa shape index (κ2) is 11.9. The van der Waals surface area contributed by atoms with Gasteiger partial charge in [-0.2, -0.15) is 21.0 Å². The van der Waals surface area contributed by atoms with Crippen LogP contribution in [0, 0.1) is 45.3 Å². The summed E-state index contributed by atoms with van der Waals surface area (Å²) in [7, 11) is 0. The first-order valence-electron chi connectivity index (χ1n) is 16.7. The van der Waals surface area contributed by atoms with E-state index in [4.69, 9.17) is 0 Å². The Balaban J connectivity index is 1.72. The zero-order valence-corrected chi connectivity index (χ0v) is 27.5. The number of para-hydroxylation sites is 4. The summed E-state index contributed by atoms with van der Waals surface area (Å²) in [6.07, 6.45) is 0. The number of hydrogen-bond acceptors (Lipinski definition) is 4. The van der Waals surface area contributed by atoms with Crippen molar-refractivity contribution in [2.75, 3.05) is 0 Å². The lowest BCUT2D eigenvalue weighted by atomic mass is 9.86. The minimum absolute atomic E-state index is 0.431. The van der Waals surface area contributed by atoms with Gasteiger partial charge < -0.3 is 9.13 Å². The monoisotopic (exact) mass is 660 g/mol. The SMILES string of the molecule is N#Cc1ccc(C#N)c(-c2c3c4ccccc4n(-c4ccccc4)c3c(-c3cc(C#N)ccc3C#N)c3c4ccccc4n(-c4ccccc4)c23)c1. The van der Waals surface area contributed by atoms with E-state index >= 15 is 0 Å². The molecule has 0 aliphatic carbocycles. The molecule has 6 heteroatoms. The fourth-order valence-electron chi connectivity index (χ4n) is 7.75. The van der Waals surface area contributed by atoms with E-state index < -0.39 is 0 Å². The molecule has 0 bridgehead atoms. The fraction of sp³-hybridized carbons (Fsp3) is 0. The molecule has 238 valence electrons. The van der Waals surface area contributed by atoms with Crippen LogP contribution in [0.4, 0.5) is 0 Å². The Morgan fingerprint density at radius 3 is 1.15 bits per heavy atom. The molecule has 0 N–H and O–H groups in total. The maximum atomic E-state index is 10.7. The Bertz CT molecular complexity index is 2890. The zero-order valence-electron chi connectivity index (χ0n) is 27.5. The molecule has 0 radical (unpaired) electrons. The third kappa shape index (κ3) is 4.33. The van der Waals surface area contributed by atoms with Gasteiger partial charge in [0.05, 0.1) is 68.6 Å².